The van der Waals surface area contributed by atoms with Crippen molar-refractivity contribution in [2.75, 3.05) is 0 Å². The van der Waals surface area contributed by atoms with Crippen LogP contribution in [0.2, 0.25) is 0 Å². The van der Waals surface area contributed by atoms with Gasteiger partial charge in [-0.25, -0.2) is 10.6 Å². The van der Waals surface area contributed by atoms with Gasteiger partial charge in [-0.2, -0.15) is 0 Å². The number of nitrogens with zero attached hydrogens (tertiary/aromatic N) is 2. The molecule has 1 aromatic heterocycles. The molecule has 0 amide bonds. The number of aromatic nitrogens is 1. The Bertz CT molecular complexity index is 2520. The maximum atomic E-state index is 4.52. The molecule has 0 unspecified atom stereocenters. The zero-order valence-electron chi connectivity index (χ0n) is 32.7. The second-order valence-electron chi connectivity index (χ2n) is 15.0. The van der Waals surface area contributed by atoms with E-state index in [0.717, 1.165) is 11.0 Å². The van der Waals surface area contributed by atoms with Crippen LogP contribution in [0.15, 0.2) is 176 Å². The molecule has 9 rings (SSSR count). The summed E-state index contributed by atoms with van der Waals surface area (Å²) < 4.78 is 2.47. The van der Waals surface area contributed by atoms with Gasteiger partial charge in [-0.05, 0) is 44.9 Å². The summed E-state index contributed by atoms with van der Waals surface area (Å²) in [6, 6.07) is 62.5. The van der Waals surface area contributed by atoms with Gasteiger partial charge in [-0.3, -0.25) is 0 Å². The Morgan fingerprint density at radius 2 is 0.929 bits per heavy atom. The molecule has 0 bridgehead atoms. The van der Waals surface area contributed by atoms with Gasteiger partial charge in [-0.15, -0.1) is 22.2 Å². The second-order valence-corrected chi connectivity index (χ2v) is 15.0. The quantitative estimate of drug-likeness (QED) is 0.0885. The number of hydrogen-bond donors (Lipinski definition) is 0. The van der Waals surface area contributed by atoms with Crippen LogP contribution in [0.1, 0.15) is 63.1 Å². The fraction of sp³-hybridized carbons (Fsp3) is 0.135. The van der Waals surface area contributed by atoms with Crippen molar-refractivity contribution >= 4 is 51.0 Å². The number of para-hydroxylation sites is 3. The maximum absolute atomic E-state index is 4.52. The van der Waals surface area contributed by atoms with E-state index in [0.29, 0.717) is 11.8 Å². The third-order valence-electron chi connectivity index (χ3n) is 10.8. The number of benzene rings is 7. The van der Waals surface area contributed by atoms with E-state index in [1.807, 2.05) is 12.1 Å². The van der Waals surface area contributed by atoms with E-state index in [-0.39, 0.29) is 29.1 Å². The van der Waals surface area contributed by atoms with Gasteiger partial charge in [-0.1, -0.05) is 203 Å². The zero-order valence-corrected chi connectivity index (χ0v) is 34.8. The van der Waals surface area contributed by atoms with E-state index in [9.17, 15) is 0 Å². The van der Waals surface area contributed by atoms with Gasteiger partial charge in [0.25, 0.3) is 0 Å². The van der Waals surface area contributed by atoms with E-state index < -0.39 is 0 Å². The maximum Gasteiger partial charge on any atom is 0.217 e. The zero-order chi connectivity index (χ0) is 37.9. The summed E-state index contributed by atoms with van der Waals surface area (Å²) in [5.74, 6) is 4.92. The Hall–Kier alpha value is -5.44. The molecule has 279 valence electrons. The molecule has 0 atom stereocenters. The standard InChI is InChI=1S/C40H38BN.C12H8N.Au/c1-28(2)34-23-15-24-35(29(3)4)39(34)38-27-41(30(5)42(38)33-21-13-8-14-22-33)40-36(31-17-9-6-10-18-31)25-16-26-37(40)32-19-11-7-12-20-32;1-3-7-11-9(5-1)10-6-2-4-8-12(10)13-11;/h6-26,28-29H,1-5H3;1-8H;/q;-1;. The summed E-state index contributed by atoms with van der Waals surface area (Å²) >= 11 is 0. The second kappa shape index (κ2) is 17.1. The van der Waals surface area contributed by atoms with Crippen molar-refractivity contribution in [1.29, 1.82) is 0 Å². The normalized spacial score (nSPS) is 12.6. The molecule has 1 aliphatic heterocycles. The Balaban J connectivity index is 0.000000287. The molecule has 56 heavy (non-hydrogen) atoms. The predicted molar refractivity (Wildman–Crippen MR) is 236 cm³/mol. The summed E-state index contributed by atoms with van der Waals surface area (Å²) in [5, 5.41) is 2.50. The Morgan fingerprint density at radius 1 is 0.500 bits per heavy atom. The molecule has 1 aliphatic rings. The summed E-state index contributed by atoms with van der Waals surface area (Å²) in [4.78, 5) is 4.52. The molecule has 0 aliphatic carbocycles. The number of rotatable bonds is 7. The van der Waals surface area contributed by atoms with Crippen LogP contribution in [0.25, 0.3) is 49.8 Å². The molecule has 0 fully saturated rings. The monoisotopic (exact) mass is 906 g/mol. The molecule has 0 saturated carbocycles. The Kier molecular flexibility index (Phi) is 11.9. The van der Waals surface area contributed by atoms with E-state index in [1.54, 1.807) is 0 Å². The molecule has 2 heterocycles. The largest absolute Gasteiger partial charge is 0.657 e. The summed E-state index contributed by atoms with van der Waals surface area (Å²) in [6.07, 6.45) is 0. The van der Waals surface area contributed by atoms with Crippen molar-refractivity contribution in [2.24, 2.45) is 0 Å². The van der Waals surface area contributed by atoms with Gasteiger partial charge in [0.15, 0.2) is 0 Å². The first-order chi connectivity index (χ1) is 26.9. The summed E-state index contributed by atoms with van der Waals surface area (Å²) in [7, 11) is 0. The van der Waals surface area contributed by atoms with Crippen LogP contribution in [-0.2, 0) is 22.4 Å². The molecule has 2 nitrogen and oxygen atoms in total. The summed E-state index contributed by atoms with van der Waals surface area (Å²) in [6.45, 7) is 11.5. The third kappa shape index (κ3) is 7.56. The topological polar surface area (TPSA) is 17.1 Å². The molecule has 7 aromatic carbocycles. The first kappa shape index (κ1) is 38.8. The smallest absolute Gasteiger partial charge is 0.217 e. The van der Waals surface area contributed by atoms with Crippen molar-refractivity contribution in [2.45, 2.75) is 46.5 Å². The van der Waals surface area contributed by atoms with Gasteiger partial charge < -0.3 is 4.98 Å². The Labute approximate surface area is 348 Å². The van der Waals surface area contributed by atoms with Gasteiger partial charge in [0.2, 0.25) is 12.4 Å². The molecule has 0 saturated heterocycles. The Morgan fingerprint density at radius 3 is 1.41 bits per heavy atom. The minimum absolute atomic E-state index is 0. The van der Waals surface area contributed by atoms with Crippen molar-refractivity contribution in [3.63, 3.8) is 0 Å². The minimum Gasteiger partial charge on any atom is -0.657 e. The SMILES string of the molecule is CC1=[N+](c2ccccc2)C(c2c(C(C)C)cccc2C(C)C)=[C-]B1c1c(-c2ccccc2)cccc1-c1ccccc1.[Au].c1ccc2c(c1)[n-]c1ccccc12. The van der Waals surface area contributed by atoms with Gasteiger partial charge in [0, 0.05) is 47.1 Å². The van der Waals surface area contributed by atoms with Crippen LogP contribution in [0, 0.1) is 5.98 Å². The van der Waals surface area contributed by atoms with Gasteiger partial charge >= 0.3 is 0 Å². The van der Waals surface area contributed by atoms with Crippen molar-refractivity contribution in [3.05, 3.63) is 199 Å². The van der Waals surface area contributed by atoms with Crippen LogP contribution in [0.3, 0.4) is 0 Å². The van der Waals surface area contributed by atoms with Gasteiger partial charge in [0.05, 0.1) is 0 Å². The van der Waals surface area contributed by atoms with Gasteiger partial charge in [0.1, 0.15) is 5.61 Å². The van der Waals surface area contributed by atoms with Crippen LogP contribution in [0.4, 0.5) is 5.69 Å². The number of hydrogen-bond acceptors (Lipinski definition) is 0. The predicted octanol–water partition coefficient (Wildman–Crippen LogP) is 12.7. The third-order valence-corrected chi connectivity index (χ3v) is 10.8. The molecule has 4 heteroatoms. The van der Waals surface area contributed by atoms with Crippen LogP contribution < -0.4 is 10.4 Å². The molecule has 0 N–H and O–H groups in total. The van der Waals surface area contributed by atoms with Crippen molar-refractivity contribution in [3.8, 4) is 22.3 Å². The summed E-state index contributed by atoms with van der Waals surface area (Å²) in [5.41, 5.74) is 16.1. The fourth-order valence-corrected chi connectivity index (χ4v) is 8.15. The molecule has 1 radical (unpaired) electrons. The molecule has 0 spiro atoms. The average Bonchev–Trinajstić information content (AvgIpc) is 3.78. The van der Waals surface area contributed by atoms with Crippen molar-refractivity contribution in [1.82, 2.24) is 4.98 Å². The average molecular weight is 907 g/mol. The van der Waals surface area contributed by atoms with Crippen LogP contribution in [0.5, 0.6) is 0 Å². The fourth-order valence-electron chi connectivity index (χ4n) is 8.15. The van der Waals surface area contributed by atoms with Crippen LogP contribution >= 0.6 is 0 Å². The van der Waals surface area contributed by atoms with E-state index in [1.165, 1.54) is 72.2 Å². The minimum atomic E-state index is -0.0213. The van der Waals surface area contributed by atoms with Crippen molar-refractivity contribution < 1.29 is 27.0 Å². The van der Waals surface area contributed by atoms with E-state index in [2.05, 4.69) is 214 Å². The first-order valence-electron chi connectivity index (χ1n) is 19.5. The van der Waals surface area contributed by atoms with E-state index in [4.69, 9.17) is 0 Å². The molecule has 8 aromatic rings. The molecular formula is C52H46AuBN2-. The van der Waals surface area contributed by atoms with Crippen LogP contribution in [-0.4, -0.2) is 16.9 Å². The number of fused-ring (bicyclic) bond motifs is 3. The molecular weight excluding hydrogens is 860 g/mol. The van der Waals surface area contributed by atoms with E-state index >= 15 is 0 Å². The first-order valence-corrected chi connectivity index (χ1v) is 19.5.